The maximum Gasteiger partial charge on any atom is 0.264 e. The Kier molecular flexibility index (Phi) is 11.0. The van der Waals surface area contributed by atoms with Crippen LogP contribution in [-0.2, 0) is 26.2 Å². The molecule has 0 unspecified atom stereocenters. The molecular formula is C30H35Cl2N3O4S. The number of halogens is 2. The summed E-state index contributed by atoms with van der Waals surface area (Å²) in [7, 11) is -4.25. The molecule has 2 amide bonds. The average Bonchev–Trinajstić information content (AvgIpc) is 2.93. The Morgan fingerprint density at radius 1 is 0.900 bits per heavy atom. The molecule has 3 aromatic carbocycles. The van der Waals surface area contributed by atoms with E-state index in [4.69, 9.17) is 23.2 Å². The maximum atomic E-state index is 14.1. The Bertz CT molecular complexity index is 1420. The van der Waals surface area contributed by atoms with Crippen molar-refractivity contribution in [1.82, 2.24) is 10.2 Å². The molecule has 0 heterocycles. The van der Waals surface area contributed by atoms with Gasteiger partial charge in [-0.25, -0.2) is 8.42 Å². The lowest BCUT2D eigenvalue weighted by molar-refractivity contribution is -0.140. The lowest BCUT2D eigenvalue weighted by Gasteiger charge is -2.34. The van der Waals surface area contributed by atoms with Crippen LogP contribution in [0.15, 0.2) is 77.7 Å². The van der Waals surface area contributed by atoms with Crippen LogP contribution < -0.4 is 9.62 Å². The van der Waals surface area contributed by atoms with E-state index in [1.165, 1.54) is 23.1 Å². The molecule has 0 aliphatic heterocycles. The van der Waals surface area contributed by atoms with Gasteiger partial charge in [-0.3, -0.25) is 13.9 Å². The number of amides is 2. The summed E-state index contributed by atoms with van der Waals surface area (Å²) in [6.45, 7) is 7.06. The second kappa shape index (κ2) is 14.0. The van der Waals surface area contributed by atoms with E-state index in [1.54, 1.807) is 24.3 Å². The summed E-state index contributed by atoms with van der Waals surface area (Å²) in [6.07, 6.45) is 1.06. The predicted octanol–water partition coefficient (Wildman–Crippen LogP) is 6.22. The smallest absolute Gasteiger partial charge is 0.264 e. The van der Waals surface area contributed by atoms with Gasteiger partial charge in [0, 0.05) is 12.6 Å². The minimum absolute atomic E-state index is 0.00175. The molecule has 0 aliphatic carbocycles. The SMILES string of the molecule is CC[C@H](C)NC(=O)[C@H](CC)N(Cc1ccccc1)C(=O)CN(c1cccc(Cl)c1Cl)S(=O)(=O)c1ccc(C)cc1. The first-order chi connectivity index (χ1) is 19.0. The van der Waals surface area contributed by atoms with Crippen LogP contribution in [0.3, 0.4) is 0 Å². The lowest BCUT2D eigenvalue weighted by Crippen LogP contribution is -2.53. The molecule has 3 aromatic rings. The molecule has 7 nitrogen and oxygen atoms in total. The average molecular weight is 605 g/mol. The van der Waals surface area contributed by atoms with E-state index in [0.717, 1.165) is 21.9 Å². The van der Waals surface area contributed by atoms with E-state index in [2.05, 4.69) is 5.32 Å². The van der Waals surface area contributed by atoms with Crippen molar-refractivity contribution >= 4 is 50.7 Å². The number of carbonyl (C=O) groups excluding carboxylic acids is 2. The number of hydrogen-bond donors (Lipinski definition) is 1. The van der Waals surface area contributed by atoms with E-state index in [1.807, 2.05) is 58.0 Å². The number of hydrogen-bond acceptors (Lipinski definition) is 4. The highest BCUT2D eigenvalue weighted by atomic mass is 35.5. The first-order valence-corrected chi connectivity index (χ1v) is 15.4. The number of nitrogens with zero attached hydrogens (tertiary/aromatic N) is 2. The second-order valence-electron chi connectivity index (χ2n) is 9.65. The molecule has 0 radical (unpaired) electrons. The van der Waals surface area contributed by atoms with Crippen molar-refractivity contribution in [3.05, 3.63) is 94.0 Å². The molecular weight excluding hydrogens is 569 g/mol. The van der Waals surface area contributed by atoms with Crippen LogP contribution in [0.4, 0.5) is 5.69 Å². The summed E-state index contributed by atoms with van der Waals surface area (Å²) in [5, 5.41) is 3.11. The van der Waals surface area contributed by atoms with E-state index >= 15 is 0 Å². The van der Waals surface area contributed by atoms with Gasteiger partial charge in [0.1, 0.15) is 12.6 Å². The predicted molar refractivity (Wildman–Crippen MR) is 161 cm³/mol. The standard InChI is InChI=1S/C30H35Cl2N3O4S/c1-5-22(4)33-30(37)26(6-2)34(19-23-11-8-7-9-12-23)28(36)20-35(27-14-10-13-25(31)29(27)32)40(38,39)24-17-15-21(3)16-18-24/h7-18,22,26H,5-6,19-20H2,1-4H3,(H,33,37)/t22-,26-/m0/s1. The van der Waals surface area contributed by atoms with Crippen molar-refractivity contribution in [2.24, 2.45) is 0 Å². The highest BCUT2D eigenvalue weighted by molar-refractivity contribution is 7.92. The van der Waals surface area contributed by atoms with E-state index < -0.39 is 28.5 Å². The Morgan fingerprint density at radius 3 is 2.15 bits per heavy atom. The molecule has 214 valence electrons. The number of nitrogens with one attached hydrogen (secondary N) is 1. The van der Waals surface area contributed by atoms with Gasteiger partial charge in [0.15, 0.2) is 0 Å². The van der Waals surface area contributed by atoms with Crippen LogP contribution in [0.1, 0.15) is 44.7 Å². The quantitative estimate of drug-likeness (QED) is 0.266. The van der Waals surface area contributed by atoms with Crippen molar-refractivity contribution < 1.29 is 18.0 Å². The first-order valence-electron chi connectivity index (χ1n) is 13.2. The summed E-state index contributed by atoms with van der Waals surface area (Å²) in [5.74, 6) is -0.850. The molecule has 0 saturated carbocycles. The number of benzene rings is 3. The normalized spacial score (nSPS) is 12.8. The number of rotatable bonds is 12. The summed E-state index contributed by atoms with van der Waals surface area (Å²) < 4.78 is 28.9. The second-order valence-corrected chi connectivity index (χ2v) is 12.3. The molecule has 0 bridgehead atoms. The number of carbonyl (C=O) groups is 2. The van der Waals surface area contributed by atoms with Crippen molar-refractivity contribution in [1.29, 1.82) is 0 Å². The molecule has 40 heavy (non-hydrogen) atoms. The Morgan fingerprint density at radius 2 is 1.55 bits per heavy atom. The fraction of sp³-hybridized carbons (Fsp3) is 0.333. The third-order valence-corrected chi connectivity index (χ3v) is 9.25. The molecule has 2 atom stereocenters. The van der Waals surface area contributed by atoms with Crippen LogP contribution in [-0.4, -0.2) is 43.8 Å². The monoisotopic (exact) mass is 603 g/mol. The molecule has 0 aromatic heterocycles. The highest BCUT2D eigenvalue weighted by Gasteiger charge is 2.34. The van der Waals surface area contributed by atoms with Gasteiger partial charge in [-0.05, 0) is 56.5 Å². The maximum absolute atomic E-state index is 14.1. The van der Waals surface area contributed by atoms with Crippen LogP contribution >= 0.6 is 23.2 Å². The van der Waals surface area contributed by atoms with E-state index in [9.17, 15) is 18.0 Å². The fourth-order valence-electron chi connectivity index (χ4n) is 4.18. The Balaban J connectivity index is 2.09. The minimum Gasteiger partial charge on any atom is -0.352 e. The van der Waals surface area contributed by atoms with Crippen molar-refractivity contribution in [2.45, 2.75) is 64.1 Å². The zero-order valence-electron chi connectivity index (χ0n) is 23.1. The molecule has 0 saturated heterocycles. The molecule has 1 N–H and O–H groups in total. The number of aryl methyl sites for hydroxylation is 1. The molecule has 0 spiro atoms. The fourth-order valence-corrected chi connectivity index (χ4v) is 6.05. The van der Waals surface area contributed by atoms with Gasteiger partial charge < -0.3 is 10.2 Å². The largest absolute Gasteiger partial charge is 0.352 e. The molecule has 0 fully saturated rings. The Labute approximate surface area is 247 Å². The van der Waals surface area contributed by atoms with Gasteiger partial charge in [-0.1, -0.05) is 91.1 Å². The van der Waals surface area contributed by atoms with Gasteiger partial charge in [0.25, 0.3) is 10.0 Å². The zero-order valence-corrected chi connectivity index (χ0v) is 25.4. The Hall–Kier alpha value is -3.07. The van der Waals surface area contributed by atoms with Crippen molar-refractivity contribution in [3.8, 4) is 0 Å². The summed E-state index contributed by atoms with van der Waals surface area (Å²) in [5.41, 5.74) is 1.76. The van der Waals surface area contributed by atoms with Crippen LogP contribution in [0.5, 0.6) is 0 Å². The molecule has 3 rings (SSSR count). The van der Waals surface area contributed by atoms with Gasteiger partial charge in [-0.15, -0.1) is 0 Å². The first kappa shape index (κ1) is 31.5. The third-order valence-electron chi connectivity index (χ3n) is 6.67. The topological polar surface area (TPSA) is 86.8 Å². The van der Waals surface area contributed by atoms with Crippen LogP contribution in [0.25, 0.3) is 0 Å². The number of sulfonamides is 1. The van der Waals surface area contributed by atoms with Gasteiger partial charge in [0.2, 0.25) is 11.8 Å². The van der Waals surface area contributed by atoms with E-state index in [0.29, 0.717) is 6.42 Å². The zero-order chi connectivity index (χ0) is 29.4. The third kappa shape index (κ3) is 7.56. The minimum atomic E-state index is -4.25. The number of anilines is 1. The highest BCUT2D eigenvalue weighted by Crippen LogP contribution is 2.35. The summed E-state index contributed by atoms with van der Waals surface area (Å²) >= 11 is 12.7. The van der Waals surface area contributed by atoms with Crippen LogP contribution in [0, 0.1) is 6.92 Å². The van der Waals surface area contributed by atoms with Gasteiger partial charge in [0.05, 0.1) is 20.6 Å². The van der Waals surface area contributed by atoms with Crippen LogP contribution in [0.2, 0.25) is 10.0 Å². The van der Waals surface area contributed by atoms with Crippen molar-refractivity contribution in [2.75, 3.05) is 10.8 Å². The summed E-state index contributed by atoms with van der Waals surface area (Å²) in [6, 6.07) is 19.3. The lowest BCUT2D eigenvalue weighted by atomic mass is 10.1. The summed E-state index contributed by atoms with van der Waals surface area (Å²) in [4.78, 5) is 28.8. The molecule has 10 heteroatoms. The van der Waals surface area contributed by atoms with Gasteiger partial charge >= 0.3 is 0 Å². The van der Waals surface area contributed by atoms with Gasteiger partial charge in [-0.2, -0.15) is 0 Å². The van der Waals surface area contributed by atoms with Crippen molar-refractivity contribution in [3.63, 3.8) is 0 Å². The molecule has 0 aliphatic rings. The van der Waals surface area contributed by atoms with E-state index in [-0.39, 0.29) is 39.1 Å².